The molecule has 0 spiro atoms. The first kappa shape index (κ1) is 22.0. The summed E-state index contributed by atoms with van der Waals surface area (Å²) in [4.78, 5) is 22.4. The second-order valence-corrected chi connectivity index (χ2v) is 9.27. The number of benzene rings is 2. The molecule has 5 aromatic rings. The molecule has 170 valence electrons. The largest absolute Gasteiger partial charge is 0.303 e. The zero-order chi connectivity index (χ0) is 23.8. The van der Waals surface area contributed by atoms with Crippen LogP contribution < -0.4 is 5.32 Å². The van der Waals surface area contributed by atoms with E-state index in [1.54, 1.807) is 12.1 Å². The Hall–Kier alpha value is -3.84. The number of carbonyl (C=O) groups is 1. The normalized spacial score (nSPS) is 11.2. The van der Waals surface area contributed by atoms with Gasteiger partial charge in [0.05, 0.1) is 23.5 Å². The molecule has 0 aliphatic carbocycles. The monoisotopic (exact) mass is 470 g/mol. The van der Waals surface area contributed by atoms with Crippen molar-refractivity contribution in [1.29, 1.82) is 0 Å². The number of aromatic nitrogens is 3. The molecule has 0 fully saturated rings. The summed E-state index contributed by atoms with van der Waals surface area (Å²) >= 11 is 1.34. The van der Waals surface area contributed by atoms with Gasteiger partial charge in [-0.25, -0.2) is 14.4 Å². The highest BCUT2D eigenvalue weighted by Crippen LogP contribution is 2.29. The van der Waals surface area contributed by atoms with Crippen LogP contribution in [0.4, 0.5) is 9.52 Å². The van der Waals surface area contributed by atoms with Crippen molar-refractivity contribution in [2.24, 2.45) is 0 Å². The Morgan fingerprint density at radius 1 is 0.971 bits per heavy atom. The van der Waals surface area contributed by atoms with Crippen molar-refractivity contribution in [2.45, 2.75) is 27.2 Å². The van der Waals surface area contributed by atoms with Crippen molar-refractivity contribution in [3.8, 4) is 22.5 Å². The van der Waals surface area contributed by atoms with Crippen LogP contribution in [0.25, 0.3) is 28.2 Å². The van der Waals surface area contributed by atoms with Crippen molar-refractivity contribution in [3.05, 3.63) is 94.4 Å². The Morgan fingerprint density at radius 3 is 2.50 bits per heavy atom. The Labute approximate surface area is 201 Å². The van der Waals surface area contributed by atoms with Crippen LogP contribution in [0.3, 0.4) is 0 Å². The van der Waals surface area contributed by atoms with Gasteiger partial charge in [0.25, 0.3) is 0 Å². The molecule has 7 heteroatoms. The van der Waals surface area contributed by atoms with Gasteiger partial charge in [0.15, 0.2) is 5.13 Å². The number of hydrogen-bond donors (Lipinski definition) is 1. The van der Waals surface area contributed by atoms with E-state index in [4.69, 9.17) is 4.98 Å². The van der Waals surface area contributed by atoms with Gasteiger partial charge in [-0.05, 0) is 79.9 Å². The fraction of sp³-hybridized carbons (Fsp3) is 0.148. The van der Waals surface area contributed by atoms with Crippen molar-refractivity contribution in [2.75, 3.05) is 5.32 Å². The first-order chi connectivity index (χ1) is 16.4. The molecule has 0 bridgehead atoms. The van der Waals surface area contributed by atoms with Gasteiger partial charge in [-0.2, -0.15) is 0 Å². The van der Waals surface area contributed by atoms with E-state index < -0.39 is 0 Å². The van der Waals surface area contributed by atoms with Gasteiger partial charge >= 0.3 is 0 Å². The molecule has 0 radical (unpaired) electrons. The minimum absolute atomic E-state index is 0.151. The van der Waals surface area contributed by atoms with Crippen molar-refractivity contribution in [3.63, 3.8) is 0 Å². The van der Waals surface area contributed by atoms with Crippen LogP contribution in [-0.2, 0) is 11.2 Å². The summed E-state index contributed by atoms with van der Waals surface area (Å²) in [5.41, 5.74) is 8.41. The van der Waals surface area contributed by atoms with E-state index in [0.717, 1.165) is 33.7 Å². The SMILES string of the molecule is Cc1ccn2c(CC(=O)Nc3nc(-c4ccc(F)cc4)cs3)c(-c3ccc(C)c(C)c3)nc2c1. The maximum absolute atomic E-state index is 13.2. The average Bonchev–Trinajstić information content (AvgIpc) is 3.41. The van der Waals surface area contributed by atoms with Gasteiger partial charge in [-0.3, -0.25) is 4.79 Å². The summed E-state index contributed by atoms with van der Waals surface area (Å²) in [6.07, 6.45) is 2.11. The van der Waals surface area contributed by atoms with Crippen LogP contribution in [0.15, 0.2) is 66.2 Å². The molecule has 1 amide bonds. The summed E-state index contributed by atoms with van der Waals surface area (Å²) in [7, 11) is 0. The fourth-order valence-corrected chi connectivity index (χ4v) is 4.62. The number of hydrogen-bond acceptors (Lipinski definition) is 4. The second-order valence-electron chi connectivity index (χ2n) is 8.41. The zero-order valence-electron chi connectivity index (χ0n) is 19.1. The quantitative estimate of drug-likeness (QED) is 0.325. The standard InChI is InChI=1S/C27H23FN4OS/c1-16-10-11-32-23(26(30-24(32)12-16)20-5-4-17(2)18(3)13-20)14-25(33)31-27-29-22(15-34-27)19-6-8-21(28)9-7-19/h4-13,15H,14H2,1-3H3,(H,29,31,33). The first-order valence-corrected chi connectivity index (χ1v) is 11.8. The highest BCUT2D eigenvalue weighted by Gasteiger charge is 2.18. The third kappa shape index (κ3) is 4.34. The highest BCUT2D eigenvalue weighted by molar-refractivity contribution is 7.14. The minimum atomic E-state index is -0.296. The van der Waals surface area contributed by atoms with Gasteiger partial charge in [-0.1, -0.05) is 12.1 Å². The van der Waals surface area contributed by atoms with Crippen LogP contribution in [0, 0.1) is 26.6 Å². The lowest BCUT2D eigenvalue weighted by Gasteiger charge is -2.08. The summed E-state index contributed by atoms with van der Waals surface area (Å²) in [5.74, 6) is -0.470. The van der Waals surface area contributed by atoms with E-state index in [2.05, 4.69) is 36.3 Å². The Balaban J connectivity index is 1.44. The van der Waals surface area contributed by atoms with E-state index in [1.807, 2.05) is 41.1 Å². The van der Waals surface area contributed by atoms with Crippen LogP contribution in [0.5, 0.6) is 0 Å². The van der Waals surface area contributed by atoms with Crippen LogP contribution >= 0.6 is 11.3 Å². The predicted octanol–water partition coefficient (Wildman–Crippen LogP) is 6.37. The van der Waals surface area contributed by atoms with Crippen LogP contribution in [0.1, 0.15) is 22.4 Å². The lowest BCUT2D eigenvalue weighted by molar-refractivity contribution is -0.115. The third-order valence-electron chi connectivity index (χ3n) is 5.88. The van der Waals surface area contributed by atoms with Crippen molar-refractivity contribution >= 4 is 28.0 Å². The van der Waals surface area contributed by atoms with Gasteiger partial charge in [0.2, 0.25) is 5.91 Å². The van der Waals surface area contributed by atoms with Gasteiger partial charge < -0.3 is 9.72 Å². The number of carbonyl (C=O) groups excluding carboxylic acids is 1. The van der Waals surface area contributed by atoms with E-state index in [1.165, 1.54) is 34.6 Å². The molecule has 3 aromatic heterocycles. The Bertz CT molecular complexity index is 1520. The molecule has 1 N–H and O–H groups in total. The predicted molar refractivity (Wildman–Crippen MR) is 135 cm³/mol. The number of halogens is 1. The topological polar surface area (TPSA) is 59.3 Å². The van der Waals surface area contributed by atoms with Gasteiger partial charge in [-0.15, -0.1) is 11.3 Å². The number of amides is 1. The van der Waals surface area contributed by atoms with Crippen molar-refractivity contribution in [1.82, 2.24) is 14.4 Å². The number of aryl methyl sites for hydroxylation is 3. The average molecular weight is 471 g/mol. The molecule has 0 aliphatic rings. The van der Waals surface area contributed by atoms with Gasteiger partial charge in [0.1, 0.15) is 11.5 Å². The molecule has 5 nitrogen and oxygen atoms in total. The molecule has 0 aliphatic heterocycles. The number of nitrogens with zero attached hydrogens (tertiary/aromatic N) is 3. The number of nitrogens with one attached hydrogen (secondary N) is 1. The molecular weight excluding hydrogens is 447 g/mol. The van der Waals surface area contributed by atoms with E-state index in [-0.39, 0.29) is 18.1 Å². The van der Waals surface area contributed by atoms with E-state index in [0.29, 0.717) is 10.8 Å². The molecule has 0 atom stereocenters. The van der Waals surface area contributed by atoms with E-state index in [9.17, 15) is 9.18 Å². The number of fused-ring (bicyclic) bond motifs is 1. The lowest BCUT2D eigenvalue weighted by Crippen LogP contribution is -2.16. The maximum atomic E-state index is 13.2. The van der Waals surface area contributed by atoms with Crippen LogP contribution in [-0.4, -0.2) is 20.3 Å². The Morgan fingerprint density at radius 2 is 1.74 bits per heavy atom. The summed E-state index contributed by atoms with van der Waals surface area (Å²) in [6.45, 7) is 6.18. The number of pyridine rings is 1. The lowest BCUT2D eigenvalue weighted by atomic mass is 10.0. The number of thiazole rings is 1. The Kier molecular flexibility index (Phi) is 5.71. The molecule has 0 unspecified atom stereocenters. The summed E-state index contributed by atoms with van der Waals surface area (Å²) in [6, 6.07) is 16.4. The smallest absolute Gasteiger partial charge is 0.232 e. The fourth-order valence-electron chi connectivity index (χ4n) is 3.89. The molecule has 2 aromatic carbocycles. The molecule has 0 saturated heterocycles. The minimum Gasteiger partial charge on any atom is -0.303 e. The second kappa shape index (κ2) is 8.83. The molecule has 0 saturated carbocycles. The zero-order valence-corrected chi connectivity index (χ0v) is 19.9. The molecule has 5 rings (SSSR count). The molecule has 34 heavy (non-hydrogen) atoms. The van der Waals surface area contributed by atoms with Crippen LogP contribution in [0.2, 0.25) is 0 Å². The molecule has 3 heterocycles. The molecular formula is C27H23FN4OS. The first-order valence-electron chi connectivity index (χ1n) is 10.9. The third-order valence-corrected chi connectivity index (χ3v) is 6.64. The number of imidazole rings is 1. The van der Waals surface area contributed by atoms with Crippen molar-refractivity contribution < 1.29 is 9.18 Å². The number of rotatable bonds is 5. The maximum Gasteiger partial charge on any atom is 0.232 e. The number of anilines is 1. The summed E-state index contributed by atoms with van der Waals surface area (Å²) < 4.78 is 15.2. The van der Waals surface area contributed by atoms with E-state index >= 15 is 0 Å². The highest BCUT2D eigenvalue weighted by atomic mass is 32.1. The summed E-state index contributed by atoms with van der Waals surface area (Å²) in [5, 5.41) is 5.26. The van der Waals surface area contributed by atoms with Gasteiger partial charge in [0, 0.05) is 22.7 Å².